The second-order valence-corrected chi connectivity index (χ2v) is 4.47. The molecule has 1 aromatic carbocycles. The number of thiocarbonyl (C=S) groups is 3. The number of aliphatic imine (C=N–C) groups is 3. The average molecular weight is 305 g/mol. The third kappa shape index (κ3) is 3.14. The molecule has 0 bridgehead atoms. The second-order valence-electron chi connectivity index (χ2n) is 3.92. The summed E-state index contributed by atoms with van der Waals surface area (Å²) in [5.41, 5.74) is 4.03. The Kier molecular flexibility index (Phi) is 5.52. The van der Waals surface area contributed by atoms with Crippen LogP contribution in [0.15, 0.2) is 27.1 Å². The Hall–Kier alpha value is -1.38. The first kappa shape index (κ1) is 15.7. The molecule has 0 N–H and O–H groups in total. The molecule has 0 amide bonds. The zero-order chi connectivity index (χ0) is 14.5. The molecule has 96 valence electrons. The van der Waals surface area contributed by atoms with Gasteiger partial charge >= 0.3 is 0 Å². The van der Waals surface area contributed by atoms with Gasteiger partial charge in [-0.25, -0.2) is 0 Å². The lowest BCUT2D eigenvalue weighted by Crippen LogP contribution is -2.20. The van der Waals surface area contributed by atoms with Crippen LogP contribution in [-0.2, 0) is 5.79 Å². The lowest BCUT2D eigenvalue weighted by molar-refractivity contribution is 0.508. The van der Waals surface area contributed by atoms with Gasteiger partial charge in [0.25, 0.3) is 5.79 Å². The van der Waals surface area contributed by atoms with Gasteiger partial charge in [-0.15, -0.1) is 0 Å². The number of aryl methyl sites for hydroxylation is 1. The van der Waals surface area contributed by atoms with E-state index in [1.165, 1.54) is 5.56 Å². The Morgan fingerprint density at radius 2 is 1.32 bits per heavy atom. The molecule has 0 radical (unpaired) electrons. The molecule has 0 aliphatic rings. The van der Waals surface area contributed by atoms with Gasteiger partial charge in [0.05, 0.1) is 15.5 Å². The highest BCUT2D eigenvalue weighted by Crippen LogP contribution is 2.33. The van der Waals surface area contributed by atoms with Crippen LogP contribution in [0.1, 0.15) is 22.3 Å². The molecule has 0 heterocycles. The molecule has 0 aliphatic heterocycles. The molecule has 0 aliphatic carbocycles. The fraction of sp³-hybridized carbons (Fsp3) is 0.308. The number of benzene rings is 1. The third-order valence-electron chi connectivity index (χ3n) is 3.02. The molecular formula is C13H11N3S3. The Labute approximate surface area is 128 Å². The van der Waals surface area contributed by atoms with E-state index in [4.69, 9.17) is 0 Å². The van der Waals surface area contributed by atoms with E-state index in [2.05, 4.69) is 67.1 Å². The van der Waals surface area contributed by atoms with E-state index in [1.54, 1.807) is 0 Å². The van der Waals surface area contributed by atoms with Crippen molar-refractivity contribution in [2.45, 2.75) is 26.6 Å². The van der Waals surface area contributed by atoms with E-state index in [0.29, 0.717) is 0 Å². The molecule has 3 nitrogen and oxygen atoms in total. The van der Waals surface area contributed by atoms with E-state index in [0.717, 1.165) is 16.7 Å². The molecule has 1 aromatic rings. The fourth-order valence-electron chi connectivity index (χ4n) is 1.77. The SMILES string of the molecule is Cc1ccc(C(N=C=S)(N=C=S)N=C=S)c(C)c1C. The van der Waals surface area contributed by atoms with Crippen LogP contribution in [0.4, 0.5) is 0 Å². The van der Waals surface area contributed by atoms with E-state index >= 15 is 0 Å². The molecule has 0 fully saturated rings. The van der Waals surface area contributed by atoms with Crippen LogP contribution in [0.2, 0.25) is 0 Å². The van der Waals surface area contributed by atoms with Gasteiger partial charge in [-0.05, 0) is 74.1 Å². The van der Waals surface area contributed by atoms with Crippen LogP contribution in [0.3, 0.4) is 0 Å². The predicted octanol–water partition coefficient (Wildman–Crippen LogP) is 4.03. The number of isothiocyanates is 3. The van der Waals surface area contributed by atoms with Gasteiger partial charge < -0.3 is 0 Å². The number of nitrogens with zero attached hydrogens (tertiary/aromatic N) is 3. The quantitative estimate of drug-likeness (QED) is 0.622. The molecule has 0 saturated carbocycles. The van der Waals surface area contributed by atoms with Crippen molar-refractivity contribution < 1.29 is 0 Å². The Balaban J connectivity index is 3.76. The zero-order valence-electron chi connectivity index (χ0n) is 10.7. The summed E-state index contributed by atoms with van der Waals surface area (Å²) < 4.78 is 0. The minimum Gasteiger partial charge on any atom is -0.172 e. The Morgan fingerprint density at radius 1 is 0.842 bits per heavy atom. The van der Waals surface area contributed by atoms with Crippen LogP contribution in [-0.4, -0.2) is 15.5 Å². The lowest BCUT2D eigenvalue weighted by atomic mass is 9.95. The summed E-state index contributed by atoms with van der Waals surface area (Å²) in [6.45, 7) is 6.01. The first-order valence-electron chi connectivity index (χ1n) is 5.36. The maximum absolute atomic E-state index is 4.67. The van der Waals surface area contributed by atoms with Crippen molar-refractivity contribution in [2.75, 3.05) is 0 Å². The second kappa shape index (κ2) is 6.69. The normalized spacial score (nSPS) is 12.4. The van der Waals surface area contributed by atoms with Crippen LogP contribution < -0.4 is 0 Å². The minimum atomic E-state index is -1.35. The number of hydrogen-bond acceptors (Lipinski definition) is 6. The number of hydrogen-bond donors (Lipinski definition) is 0. The van der Waals surface area contributed by atoms with E-state index in [1.807, 2.05) is 32.9 Å². The van der Waals surface area contributed by atoms with Crippen LogP contribution in [0.25, 0.3) is 0 Å². The molecule has 0 aromatic heterocycles. The van der Waals surface area contributed by atoms with Crippen molar-refractivity contribution in [1.82, 2.24) is 0 Å². The van der Waals surface area contributed by atoms with Gasteiger partial charge in [-0.3, -0.25) is 0 Å². The van der Waals surface area contributed by atoms with Gasteiger partial charge in [-0.2, -0.15) is 15.0 Å². The molecule has 0 atom stereocenters. The van der Waals surface area contributed by atoms with Gasteiger partial charge in [-0.1, -0.05) is 12.1 Å². The van der Waals surface area contributed by atoms with E-state index in [9.17, 15) is 0 Å². The standard InChI is InChI=1S/C13H11N3S3/c1-9-4-5-12(11(3)10(9)2)13(14-6-17,15-7-18)16-8-19/h4-5H,1-3H3. The highest BCUT2D eigenvalue weighted by Gasteiger charge is 2.32. The summed E-state index contributed by atoms with van der Waals surface area (Å²) in [6, 6.07) is 3.84. The van der Waals surface area contributed by atoms with Gasteiger partial charge in [0.1, 0.15) is 0 Å². The van der Waals surface area contributed by atoms with Crippen molar-refractivity contribution in [2.24, 2.45) is 15.0 Å². The van der Waals surface area contributed by atoms with Gasteiger partial charge in [0.2, 0.25) is 0 Å². The fourth-order valence-corrected chi connectivity index (χ4v) is 2.15. The molecule has 1 rings (SSSR count). The molecule has 0 saturated heterocycles. The van der Waals surface area contributed by atoms with Crippen molar-refractivity contribution in [3.8, 4) is 0 Å². The van der Waals surface area contributed by atoms with Crippen molar-refractivity contribution in [1.29, 1.82) is 0 Å². The zero-order valence-corrected chi connectivity index (χ0v) is 13.2. The van der Waals surface area contributed by atoms with Gasteiger partial charge in [0.15, 0.2) is 0 Å². The average Bonchev–Trinajstić information content (AvgIpc) is 2.37. The summed E-state index contributed by atoms with van der Waals surface area (Å²) in [7, 11) is 0. The van der Waals surface area contributed by atoms with E-state index in [-0.39, 0.29) is 0 Å². The number of rotatable bonds is 4. The summed E-state index contributed by atoms with van der Waals surface area (Å²) in [6.07, 6.45) is 0. The highest BCUT2D eigenvalue weighted by atomic mass is 32.1. The molecule has 0 spiro atoms. The van der Waals surface area contributed by atoms with Crippen molar-refractivity contribution in [3.63, 3.8) is 0 Å². The van der Waals surface area contributed by atoms with Crippen molar-refractivity contribution in [3.05, 3.63) is 34.4 Å². The molecule has 19 heavy (non-hydrogen) atoms. The topological polar surface area (TPSA) is 37.1 Å². The first-order chi connectivity index (χ1) is 9.02. The van der Waals surface area contributed by atoms with Crippen molar-refractivity contribution >= 4 is 52.1 Å². The monoisotopic (exact) mass is 305 g/mol. The Bertz CT molecular complexity index is 602. The summed E-state index contributed by atoms with van der Waals surface area (Å²) in [5, 5.41) is 6.86. The van der Waals surface area contributed by atoms with Crippen LogP contribution >= 0.6 is 36.7 Å². The van der Waals surface area contributed by atoms with E-state index < -0.39 is 5.79 Å². The minimum absolute atomic E-state index is 0.739. The first-order valence-corrected chi connectivity index (χ1v) is 6.59. The lowest BCUT2D eigenvalue weighted by Gasteiger charge is -2.21. The van der Waals surface area contributed by atoms with Gasteiger partial charge in [0, 0.05) is 5.56 Å². The summed E-state index contributed by atoms with van der Waals surface area (Å²) in [5.74, 6) is -1.35. The Morgan fingerprint density at radius 3 is 1.74 bits per heavy atom. The predicted molar refractivity (Wildman–Crippen MR) is 87.4 cm³/mol. The maximum Gasteiger partial charge on any atom is 0.297 e. The highest BCUT2D eigenvalue weighted by molar-refractivity contribution is 7.78. The summed E-state index contributed by atoms with van der Waals surface area (Å²) in [4.78, 5) is 12.0. The largest absolute Gasteiger partial charge is 0.297 e. The third-order valence-corrected chi connectivity index (χ3v) is 3.30. The molecule has 6 heteroatoms. The molecule has 0 unspecified atom stereocenters. The molecular weight excluding hydrogens is 294 g/mol. The smallest absolute Gasteiger partial charge is 0.172 e. The summed E-state index contributed by atoms with van der Waals surface area (Å²) >= 11 is 14.0. The maximum atomic E-state index is 4.67. The van der Waals surface area contributed by atoms with Crippen LogP contribution in [0.5, 0.6) is 0 Å². The van der Waals surface area contributed by atoms with Crippen LogP contribution in [0, 0.1) is 20.8 Å².